The number of piperidine rings is 1. The van der Waals surface area contributed by atoms with Crippen LogP contribution in [0.4, 0.5) is 10.5 Å². The molecule has 0 radical (unpaired) electrons. The number of aromatic nitrogens is 2. The fourth-order valence-corrected chi connectivity index (χ4v) is 4.63. The molecule has 0 spiro atoms. The smallest absolute Gasteiger partial charge is 0.321 e. The molecule has 0 saturated carbocycles. The third-order valence-corrected chi connectivity index (χ3v) is 6.64. The molecule has 0 bridgehead atoms. The van der Waals surface area contributed by atoms with E-state index in [0.29, 0.717) is 21.7 Å². The maximum Gasteiger partial charge on any atom is 0.321 e. The molecule has 2 fully saturated rings. The molecule has 1 atom stereocenters. The van der Waals surface area contributed by atoms with Crippen LogP contribution in [0.2, 0.25) is 10.0 Å². The van der Waals surface area contributed by atoms with Gasteiger partial charge in [-0.05, 0) is 49.6 Å². The molecule has 1 aromatic carbocycles. The molecule has 1 aromatic heterocycles. The first-order chi connectivity index (χ1) is 14.6. The predicted molar refractivity (Wildman–Crippen MR) is 120 cm³/mol. The molecule has 3 heterocycles. The van der Waals surface area contributed by atoms with Crippen LogP contribution < -0.4 is 5.32 Å². The summed E-state index contributed by atoms with van der Waals surface area (Å²) in [4.78, 5) is 19.4. The fraction of sp³-hybridized carbons (Fsp3) is 0.524. The summed E-state index contributed by atoms with van der Waals surface area (Å²) in [6.45, 7) is 7.60. The zero-order chi connectivity index (χ0) is 20.9. The van der Waals surface area contributed by atoms with Crippen LogP contribution >= 0.6 is 23.2 Å². The number of nitrogens with one attached hydrogen (secondary N) is 2. The number of aromatic amines is 1. The summed E-state index contributed by atoms with van der Waals surface area (Å²) < 4.78 is 0. The number of rotatable bonds is 5. The third kappa shape index (κ3) is 5.66. The molecule has 162 valence electrons. The van der Waals surface area contributed by atoms with Crippen molar-refractivity contribution in [3.8, 4) is 0 Å². The van der Waals surface area contributed by atoms with Crippen molar-refractivity contribution in [2.75, 3.05) is 51.1 Å². The lowest BCUT2D eigenvalue weighted by Gasteiger charge is -2.39. The van der Waals surface area contributed by atoms with Crippen LogP contribution in [0, 0.1) is 5.92 Å². The van der Waals surface area contributed by atoms with Crippen LogP contribution in [0.15, 0.2) is 30.5 Å². The normalized spacial score (nSPS) is 21.0. The minimum absolute atomic E-state index is 0.0866. The molecule has 2 saturated heterocycles. The van der Waals surface area contributed by atoms with Gasteiger partial charge >= 0.3 is 6.03 Å². The van der Waals surface area contributed by atoms with Gasteiger partial charge in [0.1, 0.15) is 0 Å². The Labute approximate surface area is 187 Å². The first kappa shape index (κ1) is 21.4. The fourth-order valence-electron chi connectivity index (χ4n) is 4.33. The molecular formula is C21H28Cl2N6O. The van der Waals surface area contributed by atoms with E-state index in [-0.39, 0.29) is 6.03 Å². The van der Waals surface area contributed by atoms with Crippen molar-refractivity contribution >= 4 is 34.9 Å². The lowest BCUT2D eigenvalue weighted by Crippen LogP contribution is -2.52. The Bertz CT molecular complexity index is 838. The molecule has 7 nitrogen and oxygen atoms in total. The number of anilines is 1. The predicted octanol–water partition coefficient (Wildman–Crippen LogP) is 3.78. The molecule has 2 aromatic rings. The molecule has 2 N–H and O–H groups in total. The largest absolute Gasteiger partial charge is 0.322 e. The van der Waals surface area contributed by atoms with Crippen molar-refractivity contribution in [3.05, 3.63) is 46.2 Å². The van der Waals surface area contributed by atoms with Crippen LogP contribution in [0.25, 0.3) is 0 Å². The quantitative estimate of drug-likeness (QED) is 0.726. The number of likely N-dealkylation sites (tertiary alicyclic amines) is 1. The second-order valence-electron chi connectivity index (χ2n) is 8.17. The van der Waals surface area contributed by atoms with Gasteiger partial charge in [-0.25, -0.2) is 4.79 Å². The number of piperazine rings is 1. The number of benzene rings is 1. The Kier molecular flexibility index (Phi) is 7.15. The minimum atomic E-state index is -0.0866. The third-order valence-electron chi connectivity index (χ3n) is 5.90. The zero-order valence-corrected chi connectivity index (χ0v) is 18.5. The van der Waals surface area contributed by atoms with Crippen LogP contribution in [0.5, 0.6) is 0 Å². The van der Waals surface area contributed by atoms with Gasteiger partial charge in [0.25, 0.3) is 0 Å². The zero-order valence-electron chi connectivity index (χ0n) is 17.0. The van der Waals surface area contributed by atoms with E-state index in [4.69, 9.17) is 23.2 Å². The van der Waals surface area contributed by atoms with E-state index >= 15 is 0 Å². The van der Waals surface area contributed by atoms with E-state index in [1.165, 1.54) is 18.5 Å². The number of hydrogen-bond acceptors (Lipinski definition) is 4. The van der Waals surface area contributed by atoms with Crippen molar-refractivity contribution in [2.24, 2.45) is 5.92 Å². The molecule has 0 aliphatic carbocycles. The van der Waals surface area contributed by atoms with Gasteiger partial charge in [-0.15, -0.1) is 0 Å². The maximum absolute atomic E-state index is 12.6. The molecule has 4 rings (SSSR count). The van der Waals surface area contributed by atoms with Gasteiger partial charge < -0.3 is 10.2 Å². The number of nitrogens with zero attached hydrogens (tertiary/aromatic N) is 4. The van der Waals surface area contributed by atoms with E-state index in [1.807, 2.05) is 17.2 Å². The van der Waals surface area contributed by atoms with E-state index in [1.54, 1.807) is 18.2 Å². The second kappa shape index (κ2) is 10.0. The summed E-state index contributed by atoms with van der Waals surface area (Å²) in [5, 5.41) is 10.9. The number of halogens is 2. The monoisotopic (exact) mass is 450 g/mol. The maximum atomic E-state index is 12.6. The van der Waals surface area contributed by atoms with Crippen molar-refractivity contribution < 1.29 is 4.79 Å². The van der Waals surface area contributed by atoms with Crippen molar-refractivity contribution in [1.29, 1.82) is 0 Å². The summed E-state index contributed by atoms with van der Waals surface area (Å²) in [5.74, 6) is 0.679. The summed E-state index contributed by atoms with van der Waals surface area (Å²) in [7, 11) is 0. The van der Waals surface area contributed by atoms with Gasteiger partial charge in [-0.3, -0.25) is 14.9 Å². The Balaban J connectivity index is 1.21. The van der Waals surface area contributed by atoms with Crippen molar-refractivity contribution in [2.45, 2.75) is 19.4 Å². The van der Waals surface area contributed by atoms with Gasteiger partial charge in [-0.2, -0.15) is 5.10 Å². The van der Waals surface area contributed by atoms with E-state index in [9.17, 15) is 4.79 Å². The number of carbonyl (C=O) groups is 1. The standard InChI is InChI=1S/C21H28Cl2N6O/c22-19-4-3-17(12-20(19)23)25-21(30)29-10-8-27(9-11-29)13-16-2-1-7-28(14-16)15-18-5-6-24-26-18/h3-6,12,16H,1-2,7-11,13-15H2,(H,24,26)(H,25,30)/t16-/m0/s1. The SMILES string of the molecule is O=C(Nc1ccc(Cl)c(Cl)c1)N1CCN(C[C@@H]2CCCN(Cc3ccn[nH]3)C2)CC1. The molecular weight excluding hydrogens is 423 g/mol. The number of amides is 2. The summed E-state index contributed by atoms with van der Waals surface area (Å²) in [6, 6.07) is 7.09. The van der Waals surface area contributed by atoms with Gasteiger partial charge in [0, 0.05) is 63.4 Å². The molecule has 30 heavy (non-hydrogen) atoms. The van der Waals surface area contributed by atoms with Crippen LogP contribution in [0.3, 0.4) is 0 Å². The number of H-pyrrole nitrogens is 1. The van der Waals surface area contributed by atoms with Gasteiger partial charge in [0.15, 0.2) is 0 Å². The van der Waals surface area contributed by atoms with E-state index in [2.05, 4.69) is 25.3 Å². The topological polar surface area (TPSA) is 67.5 Å². The highest BCUT2D eigenvalue weighted by Gasteiger charge is 2.26. The lowest BCUT2D eigenvalue weighted by molar-refractivity contribution is 0.0980. The average Bonchev–Trinajstić information content (AvgIpc) is 3.24. The highest BCUT2D eigenvalue weighted by atomic mass is 35.5. The molecule has 9 heteroatoms. The van der Waals surface area contributed by atoms with Crippen LogP contribution in [0.1, 0.15) is 18.5 Å². The molecule has 2 aliphatic rings. The number of urea groups is 1. The van der Waals surface area contributed by atoms with Crippen LogP contribution in [-0.4, -0.2) is 76.7 Å². The minimum Gasteiger partial charge on any atom is -0.322 e. The summed E-state index contributed by atoms with van der Waals surface area (Å²) in [5.41, 5.74) is 1.84. The first-order valence-corrected chi connectivity index (χ1v) is 11.3. The highest BCUT2D eigenvalue weighted by Crippen LogP contribution is 2.25. The van der Waals surface area contributed by atoms with E-state index in [0.717, 1.165) is 52.4 Å². The van der Waals surface area contributed by atoms with Crippen LogP contribution in [-0.2, 0) is 6.54 Å². The Morgan fingerprint density at radius 1 is 1.10 bits per heavy atom. The summed E-state index contributed by atoms with van der Waals surface area (Å²) >= 11 is 12.0. The lowest BCUT2D eigenvalue weighted by atomic mass is 9.97. The Morgan fingerprint density at radius 2 is 1.93 bits per heavy atom. The Morgan fingerprint density at radius 3 is 2.67 bits per heavy atom. The Hall–Kier alpha value is -1.80. The number of carbonyl (C=O) groups excluding carboxylic acids is 1. The van der Waals surface area contributed by atoms with Crippen molar-refractivity contribution in [1.82, 2.24) is 24.9 Å². The second-order valence-corrected chi connectivity index (χ2v) is 8.99. The van der Waals surface area contributed by atoms with Gasteiger partial charge in [0.2, 0.25) is 0 Å². The van der Waals surface area contributed by atoms with Gasteiger partial charge in [-0.1, -0.05) is 23.2 Å². The first-order valence-electron chi connectivity index (χ1n) is 10.5. The molecule has 2 amide bonds. The summed E-state index contributed by atoms with van der Waals surface area (Å²) in [6.07, 6.45) is 4.33. The molecule has 0 unspecified atom stereocenters. The molecule has 2 aliphatic heterocycles. The van der Waals surface area contributed by atoms with Crippen molar-refractivity contribution in [3.63, 3.8) is 0 Å². The van der Waals surface area contributed by atoms with Gasteiger partial charge in [0.05, 0.1) is 10.0 Å². The number of hydrogen-bond donors (Lipinski definition) is 2. The highest BCUT2D eigenvalue weighted by molar-refractivity contribution is 6.42. The average molecular weight is 451 g/mol. The van der Waals surface area contributed by atoms with E-state index < -0.39 is 0 Å².